The summed E-state index contributed by atoms with van der Waals surface area (Å²) in [5.74, 6) is 1.45. The summed E-state index contributed by atoms with van der Waals surface area (Å²) >= 11 is 0. The smallest absolute Gasteiger partial charge is 0.251 e. The molecule has 0 aromatic heterocycles. The third-order valence-corrected chi connectivity index (χ3v) is 5.14. The Labute approximate surface area is 131 Å². The summed E-state index contributed by atoms with van der Waals surface area (Å²) in [6, 6.07) is 5.74. The van der Waals surface area contributed by atoms with Gasteiger partial charge < -0.3 is 14.8 Å². The van der Waals surface area contributed by atoms with Crippen LogP contribution < -0.4 is 14.8 Å². The SMILES string of the molecule is O=C(Nc1ccc2c(c1)OC1(CCCC1)O2)C1CCCCC1. The lowest BCUT2D eigenvalue weighted by Crippen LogP contribution is -2.34. The molecule has 1 aromatic carbocycles. The van der Waals surface area contributed by atoms with Crippen molar-refractivity contribution >= 4 is 11.6 Å². The van der Waals surface area contributed by atoms with Crippen molar-refractivity contribution in [3.05, 3.63) is 18.2 Å². The second-order valence-corrected chi connectivity index (χ2v) is 6.81. The van der Waals surface area contributed by atoms with Crippen LogP contribution in [0.4, 0.5) is 5.69 Å². The molecule has 1 amide bonds. The Morgan fingerprint density at radius 3 is 2.50 bits per heavy atom. The minimum Gasteiger partial charge on any atom is -0.448 e. The number of nitrogens with one attached hydrogen (secondary N) is 1. The van der Waals surface area contributed by atoms with E-state index in [1.807, 2.05) is 18.2 Å². The number of rotatable bonds is 2. The quantitative estimate of drug-likeness (QED) is 0.888. The summed E-state index contributed by atoms with van der Waals surface area (Å²) in [6.07, 6.45) is 9.83. The van der Waals surface area contributed by atoms with E-state index in [-0.39, 0.29) is 11.8 Å². The van der Waals surface area contributed by atoms with E-state index in [2.05, 4.69) is 5.32 Å². The Morgan fingerprint density at radius 1 is 1.00 bits per heavy atom. The fourth-order valence-electron chi connectivity index (χ4n) is 3.90. The molecule has 1 heterocycles. The van der Waals surface area contributed by atoms with Crippen LogP contribution in [0.3, 0.4) is 0 Å². The lowest BCUT2D eigenvalue weighted by molar-refractivity contribution is -0.120. The highest BCUT2D eigenvalue weighted by molar-refractivity contribution is 5.92. The van der Waals surface area contributed by atoms with Gasteiger partial charge in [0.15, 0.2) is 11.5 Å². The van der Waals surface area contributed by atoms with E-state index in [0.717, 1.165) is 55.7 Å². The maximum atomic E-state index is 12.3. The number of anilines is 1. The number of carbonyl (C=O) groups excluding carboxylic acids is 1. The van der Waals surface area contributed by atoms with Gasteiger partial charge >= 0.3 is 0 Å². The second kappa shape index (κ2) is 5.49. The first-order valence-corrected chi connectivity index (χ1v) is 8.57. The van der Waals surface area contributed by atoms with Crippen LogP contribution in [0.15, 0.2) is 18.2 Å². The van der Waals surface area contributed by atoms with Crippen molar-refractivity contribution in [1.29, 1.82) is 0 Å². The standard InChI is InChI=1S/C18H23NO3/c20-17(13-6-2-1-3-7-13)19-14-8-9-15-16(12-14)22-18(21-15)10-4-5-11-18/h8-9,12-13H,1-7,10-11H2,(H,19,20). The van der Waals surface area contributed by atoms with Crippen molar-refractivity contribution in [3.8, 4) is 11.5 Å². The summed E-state index contributed by atoms with van der Waals surface area (Å²) in [5, 5.41) is 3.05. The fourth-order valence-corrected chi connectivity index (χ4v) is 3.90. The Hall–Kier alpha value is -1.71. The first-order chi connectivity index (χ1) is 10.7. The highest BCUT2D eigenvalue weighted by atomic mass is 16.7. The molecule has 2 aliphatic carbocycles. The molecule has 2 fully saturated rings. The van der Waals surface area contributed by atoms with Gasteiger partial charge in [-0.1, -0.05) is 19.3 Å². The molecule has 0 unspecified atom stereocenters. The Bertz CT molecular complexity index is 572. The lowest BCUT2D eigenvalue weighted by Gasteiger charge is -2.21. The summed E-state index contributed by atoms with van der Waals surface area (Å²) in [4.78, 5) is 12.3. The predicted octanol–water partition coefficient (Wildman–Crippen LogP) is 4.25. The van der Waals surface area contributed by atoms with Gasteiger partial charge in [-0.15, -0.1) is 0 Å². The highest BCUT2D eigenvalue weighted by Crippen LogP contribution is 2.47. The normalized spacial score (nSPS) is 22.9. The second-order valence-electron chi connectivity index (χ2n) is 6.81. The Balaban J connectivity index is 1.45. The number of fused-ring (bicyclic) bond motifs is 1. The predicted molar refractivity (Wildman–Crippen MR) is 84.1 cm³/mol. The molecule has 1 aliphatic heterocycles. The van der Waals surface area contributed by atoms with Crippen LogP contribution in [0, 0.1) is 5.92 Å². The molecule has 0 saturated heterocycles. The molecule has 1 aromatic rings. The van der Waals surface area contributed by atoms with E-state index in [1.54, 1.807) is 0 Å². The molecule has 4 rings (SSSR count). The third-order valence-electron chi connectivity index (χ3n) is 5.14. The largest absolute Gasteiger partial charge is 0.448 e. The van der Waals surface area contributed by atoms with E-state index in [9.17, 15) is 4.79 Å². The van der Waals surface area contributed by atoms with Crippen LogP contribution in [0.5, 0.6) is 11.5 Å². The topological polar surface area (TPSA) is 47.6 Å². The average molecular weight is 301 g/mol. The summed E-state index contributed by atoms with van der Waals surface area (Å²) in [5.41, 5.74) is 0.813. The highest BCUT2D eigenvalue weighted by Gasteiger charge is 2.44. The molecular formula is C18H23NO3. The van der Waals surface area contributed by atoms with Gasteiger partial charge in [0.1, 0.15) is 0 Å². The van der Waals surface area contributed by atoms with Gasteiger partial charge in [0.2, 0.25) is 5.91 Å². The van der Waals surface area contributed by atoms with Gasteiger partial charge in [0, 0.05) is 30.5 Å². The number of carbonyl (C=O) groups is 1. The van der Waals surface area contributed by atoms with Gasteiger partial charge in [-0.2, -0.15) is 0 Å². The molecule has 22 heavy (non-hydrogen) atoms. The van der Waals surface area contributed by atoms with Crippen LogP contribution in [0.1, 0.15) is 57.8 Å². The molecule has 0 radical (unpaired) electrons. The van der Waals surface area contributed by atoms with Crippen molar-refractivity contribution in [2.24, 2.45) is 5.92 Å². The van der Waals surface area contributed by atoms with Gasteiger partial charge in [0.25, 0.3) is 5.79 Å². The first kappa shape index (κ1) is 13.9. The number of hydrogen-bond acceptors (Lipinski definition) is 3. The number of ether oxygens (including phenoxy) is 2. The van der Waals surface area contributed by atoms with Crippen LogP contribution in [0.2, 0.25) is 0 Å². The number of hydrogen-bond donors (Lipinski definition) is 1. The van der Waals surface area contributed by atoms with Gasteiger partial charge in [-0.3, -0.25) is 4.79 Å². The zero-order valence-electron chi connectivity index (χ0n) is 12.9. The van der Waals surface area contributed by atoms with E-state index in [1.165, 1.54) is 19.3 Å². The molecule has 118 valence electrons. The maximum Gasteiger partial charge on any atom is 0.251 e. The fraction of sp³-hybridized carbons (Fsp3) is 0.611. The van der Waals surface area contributed by atoms with Crippen LogP contribution in [0.25, 0.3) is 0 Å². The summed E-state index contributed by atoms with van der Waals surface area (Å²) < 4.78 is 12.0. The van der Waals surface area contributed by atoms with E-state index in [0.29, 0.717) is 0 Å². The zero-order chi connectivity index (χ0) is 15.0. The Morgan fingerprint density at radius 2 is 1.73 bits per heavy atom. The van der Waals surface area contributed by atoms with Crippen molar-refractivity contribution in [3.63, 3.8) is 0 Å². The molecule has 4 heteroatoms. The minimum atomic E-state index is -0.436. The van der Waals surface area contributed by atoms with Crippen molar-refractivity contribution in [1.82, 2.24) is 0 Å². The molecule has 2 saturated carbocycles. The molecular weight excluding hydrogens is 278 g/mol. The van der Waals surface area contributed by atoms with Gasteiger partial charge in [0.05, 0.1) is 0 Å². The van der Waals surface area contributed by atoms with Gasteiger partial charge in [-0.05, 0) is 37.8 Å². The van der Waals surface area contributed by atoms with Crippen molar-refractivity contribution < 1.29 is 14.3 Å². The third kappa shape index (κ3) is 2.55. The molecule has 3 aliphatic rings. The molecule has 0 atom stereocenters. The molecule has 1 spiro atoms. The van der Waals surface area contributed by atoms with Crippen LogP contribution in [-0.4, -0.2) is 11.7 Å². The minimum absolute atomic E-state index is 0.147. The van der Waals surface area contributed by atoms with Crippen LogP contribution >= 0.6 is 0 Å². The maximum absolute atomic E-state index is 12.3. The molecule has 4 nitrogen and oxygen atoms in total. The van der Waals surface area contributed by atoms with E-state index >= 15 is 0 Å². The lowest BCUT2D eigenvalue weighted by atomic mass is 9.88. The van der Waals surface area contributed by atoms with E-state index in [4.69, 9.17) is 9.47 Å². The molecule has 0 bridgehead atoms. The first-order valence-electron chi connectivity index (χ1n) is 8.57. The number of benzene rings is 1. The van der Waals surface area contributed by atoms with E-state index < -0.39 is 5.79 Å². The molecule has 1 N–H and O–H groups in total. The summed E-state index contributed by atoms with van der Waals surface area (Å²) in [7, 11) is 0. The van der Waals surface area contributed by atoms with Crippen molar-refractivity contribution in [2.75, 3.05) is 5.32 Å². The number of amides is 1. The monoisotopic (exact) mass is 301 g/mol. The average Bonchev–Trinajstić information content (AvgIpc) is 3.14. The van der Waals surface area contributed by atoms with Crippen LogP contribution in [-0.2, 0) is 4.79 Å². The summed E-state index contributed by atoms with van der Waals surface area (Å²) in [6.45, 7) is 0. The zero-order valence-corrected chi connectivity index (χ0v) is 12.9. The Kier molecular flexibility index (Phi) is 3.47. The van der Waals surface area contributed by atoms with Gasteiger partial charge in [-0.25, -0.2) is 0 Å². The van der Waals surface area contributed by atoms with Crippen molar-refractivity contribution in [2.45, 2.75) is 63.6 Å².